The number of carbonyl (C=O) groups excluding carboxylic acids is 2. The number of nitrogen functional groups attached to an aromatic ring is 1. The standard InChI is InChI=1S/C46H79N3O18P2/c1-3-5-7-8-9-10-11-12-13-14-15-16-18-24-42(54)65-34-30-62-41(53)23-20-19-22-36-38(52)29-37(51)35(26-25-33(50)21-17-6-4-2)43(55)44(56)39(32-64-69(60,61)67-68(58,59)63-31-34)66-45(36)49-28-27-40(47)48-46(49)57/h19-20,25-28,33-39,43-45,50-52,55-56H,3-18,21-24,29-32H2,1-2H3,(H,58,59)(H,60,61)(H2,47,48,57)/b20-19-,26-25?/t33-,34-,35+,36-,37-,38+,39-,43+,44-,45-/m1/s1. The van der Waals surface area contributed by atoms with Crippen molar-refractivity contribution in [3.05, 3.63) is 47.1 Å². The first-order chi connectivity index (χ1) is 32.9. The minimum absolute atomic E-state index is 0.0106. The fraction of sp³-hybridized carbons (Fsp3) is 0.783. The fourth-order valence-electron chi connectivity index (χ4n) is 8.15. The second kappa shape index (κ2) is 32.2. The fourth-order valence-corrected chi connectivity index (χ4v) is 10.3. The number of ether oxygens (including phenoxy) is 3. The molecule has 0 saturated carbocycles. The third-order valence-corrected chi connectivity index (χ3v) is 14.7. The van der Waals surface area contributed by atoms with Gasteiger partial charge in [0, 0.05) is 30.9 Å². The Kier molecular flexibility index (Phi) is 28.2. The maximum absolute atomic E-state index is 13.3. The summed E-state index contributed by atoms with van der Waals surface area (Å²) in [5.74, 6) is -4.42. The maximum Gasteiger partial charge on any atom is 0.481 e. The van der Waals surface area contributed by atoms with E-state index in [4.69, 9.17) is 29.0 Å². The van der Waals surface area contributed by atoms with Gasteiger partial charge in [-0.05, 0) is 25.3 Å². The van der Waals surface area contributed by atoms with Gasteiger partial charge in [-0.3, -0.25) is 23.2 Å². The van der Waals surface area contributed by atoms with Crippen LogP contribution in [0.3, 0.4) is 0 Å². The molecule has 23 heteroatoms. The first-order valence-corrected chi connectivity index (χ1v) is 27.6. The Labute approximate surface area is 405 Å². The number of esters is 2. The summed E-state index contributed by atoms with van der Waals surface area (Å²) >= 11 is 0. The first kappa shape index (κ1) is 60.4. The summed E-state index contributed by atoms with van der Waals surface area (Å²) in [6, 6.07) is 1.22. The van der Waals surface area contributed by atoms with Gasteiger partial charge >= 0.3 is 33.3 Å². The van der Waals surface area contributed by atoms with Crippen molar-refractivity contribution in [1.82, 2.24) is 9.55 Å². The zero-order chi connectivity index (χ0) is 50.8. The molecule has 0 aromatic carbocycles. The molecule has 2 unspecified atom stereocenters. The van der Waals surface area contributed by atoms with Crippen molar-refractivity contribution in [2.45, 2.75) is 198 Å². The molecule has 2 aliphatic heterocycles. The van der Waals surface area contributed by atoms with E-state index in [1.54, 1.807) is 0 Å². The highest BCUT2D eigenvalue weighted by molar-refractivity contribution is 7.61. The molecule has 3 rings (SSSR count). The summed E-state index contributed by atoms with van der Waals surface area (Å²) in [5.41, 5.74) is 4.73. The molecule has 1 fully saturated rings. The number of aliphatic hydroxyl groups is 5. The van der Waals surface area contributed by atoms with E-state index in [2.05, 4.69) is 16.2 Å². The molecule has 1 aromatic rings. The van der Waals surface area contributed by atoms with Crippen LogP contribution in [0.4, 0.5) is 5.82 Å². The van der Waals surface area contributed by atoms with Gasteiger partial charge in [0.25, 0.3) is 0 Å². The van der Waals surface area contributed by atoms with E-state index in [9.17, 15) is 58.8 Å². The van der Waals surface area contributed by atoms with Gasteiger partial charge in [0.15, 0.2) is 6.10 Å². The zero-order valence-electron chi connectivity index (χ0n) is 40.2. The molecule has 12 atom stereocenters. The quantitative estimate of drug-likeness (QED) is 0.0293. The number of hydrogen-bond donors (Lipinski definition) is 8. The third kappa shape index (κ3) is 23.5. The van der Waals surface area contributed by atoms with Crippen molar-refractivity contribution >= 4 is 33.4 Å². The van der Waals surface area contributed by atoms with Crippen LogP contribution in [-0.2, 0) is 46.3 Å². The second-order valence-electron chi connectivity index (χ2n) is 18.0. The number of nitrogens with two attached hydrogens (primary N) is 1. The van der Waals surface area contributed by atoms with E-state index in [0.29, 0.717) is 19.3 Å². The molecule has 21 nitrogen and oxygen atoms in total. The Morgan fingerprint density at radius 3 is 2.06 bits per heavy atom. The largest absolute Gasteiger partial charge is 0.481 e. The predicted octanol–water partition coefficient (Wildman–Crippen LogP) is 5.82. The normalized spacial score (nSPS) is 31.3. The van der Waals surface area contributed by atoms with Gasteiger partial charge in [0.05, 0.1) is 44.1 Å². The number of carbonyl (C=O) groups is 2. The van der Waals surface area contributed by atoms with Gasteiger partial charge < -0.3 is 55.3 Å². The average molecular weight is 1020 g/mol. The van der Waals surface area contributed by atoms with Crippen LogP contribution in [0.2, 0.25) is 0 Å². The minimum Gasteiger partial charge on any atom is -0.461 e. The maximum atomic E-state index is 13.3. The number of fused-ring (bicyclic) bond motifs is 3. The number of allylic oxidation sites excluding steroid dienone is 1. The van der Waals surface area contributed by atoms with Crippen molar-refractivity contribution in [2.75, 3.05) is 25.6 Å². The van der Waals surface area contributed by atoms with Crippen LogP contribution in [0.25, 0.3) is 0 Å². The molecule has 0 amide bonds. The summed E-state index contributed by atoms with van der Waals surface area (Å²) in [7, 11) is -11.3. The van der Waals surface area contributed by atoms with Gasteiger partial charge in [-0.1, -0.05) is 134 Å². The average Bonchev–Trinajstić information content (AvgIpc) is 3.28. The molecular formula is C46H79N3O18P2. The van der Waals surface area contributed by atoms with Crippen molar-refractivity contribution in [3.63, 3.8) is 0 Å². The lowest BCUT2D eigenvalue weighted by Crippen LogP contribution is -2.52. The highest BCUT2D eigenvalue weighted by Crippen LogP contribution is 2.60. The van der Waals surface area contributed by atoms with Crippen molar-refractivity contribution in [2.24, 2.45) is 11.8 Å². The van der Waals surface area contributed by atoms with Crippen LogP contribution >= 0.6 is 15.6 Å². The molecule has 3 heterocycles. The molecule has 0 aliphatic carbocycles. The topological polar surface area (TPSA) is 326 Å². The molecule has 0 radical (unpaired) electrons. The zero-order valence-corrected chi connectivity index (χ0v) is 42.0. The Hall–Kier alpha value is -2.88. The van der Waals surface area contributed by atoms with E-state index < -0.39 is 120 Å². The number of phosphoric ester groups is 2. The number of anilines is 1. The number of aliphatic hydroxyl groups excluding tert-OH is 5. The molecule has 2 aliphatic rings. The molecule has 69 heavy (non-hydrogen) atoms. The third-order valence-electron chi connectivity index (χ3n) is 12.1. The molecule has 1 saturated heterocycles. The number of rotatable bonds is 22. The molecule has 0 spiro atoms. The molecular weight excluding hydrogens is 944 g/mol. The van der Waals surface area contributed by atoms with Gasteiger partial charge in [-0.15, -0.1) is 0 Å². The lowest BCUT2D eigenvalue weighted by Gasteiger charge is -2.40. The van der Waals surface area contributed by atoms with Crippen LogP contribution < -0.4 is 11.4 Å². The highest BCUT2D eigenvalue weighted by Gasteiger charge is 2.45. The van der Waals surface area contributed by atoms with Gasteiger partial charge in [-0.25, -0.2) is 13.9 Å². The Bertz CT molecular complexity index is 1870. The van der Waals surface area contributed by atoms with Crippen molar-refractivity contribution < 1.29 is 81.6 Å². The minimum atomic E-state index is -5.69. The van der Waals surface area contributed by atoms with E-state index in [-0.39, 0.29) is 25.1 Å². The summed E-state index contributed by atoms with van der Waals surface area (Å²) in [6.45, 7) is 1.40. The van der Waals surface area contributed by atoms with E-state index in [1.807, 2.05) is 6.92 Å². The van der Waals surface area contributed by atoms with Crippen LogP contribution in [0.15, 0.2) is 41.4 Å². The van der Waals surface area contributed by atoms with Gasteiger partial charge in [-0.2, -0.15) is 9.29 Å². The molecule has 9 N–H and O–H groups in total. The van der Waals surface area contributed by atoms with E-state index in [0.717, 1.165) is 55.7 Å². The van der Waals surface area contributed by atoms with Gasteiger partial charge in [0.1, 0.15) is 30.9 Å². The number of aromatic nitrogens is 2. The predicted molar refractivity (Wildman–Crippen MR) is 254 cm³/mol. The number of phosphoric acid groups is 2. The summed E-state index contributed by atoms with van der Waals surface area (Å²) < 4.78 is 58.6. The Morgan fingerprint density at radius 2 is 1.43 bits per heavy atom. The Balaban J connectivity index is 1.85. The van der Waals surface area contributed by atoms with Crippen LogP contribution in [0.5, 0.6) is 0 Å². The van der Waals surface area contributed by atoms with Crippen LogP contribution in [0, 0.1) is 11.8 Å². The number of nitrogens with zero attached hydrogens (tertiary/aromatic N) is 2. The number of cyclic esters (lactones) is 1. The SMILES string of the molecule is CCCCCCCCCCCCCCCC(=O)O[C@@H]1COC(=O)C/C=C\C[C@H]2[C@H](n3ccc(N)nc3=O)O[C@H](COP(=O)(O)OP(=O)(O)OC1)[C@@H](O)[C@@H](O)[C@@H](C=C[C@H](O)CCCCC)[C@H](O)C[C@@H]2O. The Morgan fingerprint density at radius 1 is 0.841 bits per heavy atom. The highest BCUT2D eigenvalue weighted by atomic mass is 31.3. The lowest BCUT2D eigenvalue weighted by molar-refractivity contribution is -0.194. The van der Waals surface area contributed by atoms with E-state index in [1.165, 1.54) is 75.3 Å². The number of hydrogen-bond acceptors (Lipinski definition) is 18. The molecule has 1 aromatic heterocycles. The summed E-state index contributed by atoms with van der Waals surface area (Å²) in [4.78, 5) is 64.1. The van der Waals surface area contributed by atoms with Crippen LogP contribution in [0.1, 0.15) is 155 Å². The molecule has 396 valence electrons. The van der Waals surface area contributed by atoms with Gasteiger partial charge in [0.2, 0.25) is 0 Å². The van der Waals surface area contributed by atoms with Crippen molar-refractivity contribution in [1.29, 1.82) is 0 Å². The van der Waals surface area contributed by atoms with E-state index >= 15 is 0 Å². The second-order valence-corrected chi connectivity index (χ2v) is 21.0. The molecule has 2 bridgehead atoms. The van der Waals surface area contributed by atoms with Crippen molar-refractivity contribution in [3.8, 4) is 0 Å². The summed E-state index contributed by atoms with van der Waals surface area (Å²) in [5, 5.41) is 57.2. The smallest absolute Gasteiger partial charge is 0.461 e. The van der Waals surface area contributed by atoms with Crippen LogP contribution in [-0.4, -0.2) is 119 Å². The summed E-state index contributed by atoms with van der Waals surface area (Å²) in [6.07, 6.45) is 9.00. The monoisotopic (exact) mass is 1020 g/mol. The number of unbranched alkanes of at least 4 members (excludes halogenated alkanes) is 14. The lowest BCUT2D eigenvalue weighted by atomic mass is 9.82. The first-order valence-electron chi connectivity index (χ1n) is 24.6.